The number of nitrogens with one attached hydrogen (secondary N) is 1. The minimum absolute atomic E-state index is 0.0803. The van der Waals surface area contributed by atoms with Gasteiger partial charge in [-0.2, -0.15) is 0 Å². The number of hydrogen-bond acceptors (Lipinski definition) is 3. The molecule has 0 radical (unpaired) electrons. The highest BCUT2D eigenvalue weighted by Crippen LogP contribution is 2.27. The largest absolute Gasteiger partial charge is 0.372 e. The van der Waals surface area contributed by atoms with Crippen LogP contribution in [0.2, 0.25) is 0 Å². The summed E-state index contributed by atoms with van der Waals surface area (Å²) >= 11 is 0. The molecule has 3 atom stereocenters. The van der Waals surface area contributed by atoms with Crippen LogP contribution in [-0.4, -0.2) is 43.8 Å². The van der Waals surface area contributed by atoms with Crippen LogP contribution in [0.1, 0.15) is 30.9 Å². The Labute approximate surface area is 120 Å². The van der Waals surface area contributed by atoms with Gasteiger partial charge in [-0.05, 0) is 32.4 Å². The molecular weight excluding hydrogens is 255 g/mol. The molecule has 0 aromatic heterocycles. The number of hydrogen-bond donors (Lipinski definition) is 1. The van der Waals surface area contributed by atoms with Crippen molar-refractivity contribution in [1.82, 2.24) is 10.2 Å². The van der Waals surface area contributed by atoms with Gasteiger partial charge in [0.15, 0.2) is 0 Å². The van der Waals surface area contributed by atoms with Crippen molar-refractivity contribution in [3.63, 3.8) is 0 Å². The SMILES string of the molecule is CNC(CCN1CC2CCC(C1)O2)c1ccccc1F. The van der Waals surface area contributed by atoms with E-state index in [0.29, 0.717) is 12.2 Å². The number of morpholine rings is 1. The fraction of sp³-hybridized carbons (Fsp3) is 0.625. The number of fused-ring (bicyclic) bond motifs is 2. The van der Waals surface area contributed by atoms with Gasteiger partial charge >= 0.3 is 0 Å². The monoisotopic (exact) mass is 278 g/mol. The average Bonchev–Trinajstić information content (AvgIpc) is 2.80. The molecule has 3 nitrogen and oxygen atoms in total. The molecule has 2 bridgehead atoms. The van der Waals surface area contributed by atoms with Crippen molar-refractivity contribution in [2.75, 3.05) is 26.7 Å². The molecule has 0 aliphatic carbocycles. The van der Waals surface area contributed by atoms with Crippen molar-refractivity contribution in [3.05, 3.63) is 35.6 Å². The summed E-state index contributed by atoms with van der Waals surface area (Å²) < 4.78 is 19.7. The van der Waals surface area contributed by atoms with Gasteiger partial charge in [-0.25, -0.2) is 4.39 Å². The number of halogens is 1. The summed E-state index contributed by atoms with van der Waals surface area (Å²) in [6.45, 7) is 3.06. The first-order chi connectivity index (χ1) is 9.76. The molecule has 0 spiro atoms. The van der Waals surface area contributed by atoms with Gasteiger partial charge in [-0.1, -0.05) is 18.2 Å². The third-order valence-electron chi connectivity index (χ3n) is 4.48. The van der Waals surface area contributed by atoms with Crippen molar-refractivity contribution in [3.8, 4) is 0 Å². The third kappa shape index (κ3) is 3.03. The molecule has 3 unspecified atom stereocenters. The molecule has 4 heteroatoms. The zero-order valence-corrected chi connectivity index (χ0v) is 12.0. The van der Waals surface area contributed by atoms with Crippen LogP contribution in [0, 0.1) is 5.82 Å². The van der Waals surface area contributed by atoms with Gasteiger partial charge in [-0.15, -0.1) is 0 Å². The van der Waals surface area contributed by atoms with Gasteiger partial charge < -0.3 is 10.1 Å². The molecule has 0 amide bonds. The number of benzene rings is 1. The first-order valence-electron chi connectivity index (χ1n) is 7.56. The number of ether oxygens (including phenoxy) is 1. The maximum Gasteiger partial charge on any atom is 0.127 e. The van der Waals surface area contributed by atoms with Crippen molar-refractivity contribution in [2.45, 2.75) is 37.5 Å². The summed E-state index contributed by atoms with van der Waals surface area (Å²) in [6.07, 6.45) is 4.18. The lowest BCUT2D eigenvalue weighted by atomic mass is 10.0. The molecule has 20 heavy (non-hydrogen) atoms. The van der Waals surface area contributed by atoms with E-state index < -0.39 is 0 Å². The summed E-state index contributed by atoms with van der Waals surface area (Å²) in [5.74, 6) is -0.117. The van der Waals surface area contributed by atoms with Crippen LogP contribution in [0.25, 0.3) is 0 Å². The normalized spacial score (nSPS) is 27.7. The Hall–Kier alpha value is -0.970. The maximum atomic E-state index is 13.9. The Morgan fingerprint density at radius 1 is 1.30 bits per heavy atom. The predicted molar refractivity (Wildman–Crippen MR) is 77.2 cm³/mol. The molecule has 2 heterocycles. The van der Waals surface area contributed by atoms with E-state index >= 15 is 0 Å². The van der Waals surface area contributed by atoms with E-state index in [1.807, 2.05) is 19.2 Å². The Kier molecular flexibility index (Phi) is 4.34. The second kappa shape index (κ2) is 6.20. The molecule has 2 fully saturated rings. The summed E-state index contributed by atoms with van der Waals surface area (Å²) in [5.41, 5.74) is 0.770. The van der Waals surface area contributed by atoms with E-state index in [1.165, 1.54) is 18.9 Å². The van der Waals surface area contributed by atoms with Gasteiger partial charge in [0.1, 0.15) is 5.82 Å². The van der Waals surface area contributed by atoms with Crippen molar-refractivity contribution >= 4 is 0 Å². The second-order valence-electron chi connectivity index (χ2n) is 5.87. The summed E-state index contributed by atoms with van der Waals surface area (Å²) in [4.78, 5) is 2.47. The van der Waals surface area contributed by atoms with Crippen molar-refractivity contribution in [1.29, 1.82) is 0 Å². The first-order valence-corrected chi connectivity index (χ1v) is 7.56. The van der Waals surface area contributed by atoms with Gasteiger partial charge in [0.05, 0.1) is 12.2 Å². The summed E-state index contributed by atoms with van der Waals surface area (Å²) in [7, 11) is 1.90. The molecule has 1 aromatic carbocycles. The summed E-state index contributed by atoms with van der Waals surface area (Å²) in [6, 6.07) is 7.13. The van der Waals surface area contributed by atoms with Crippen LogP contribution in [-0.2, 0) is 4.74 Å². The van der Waals surface area contributed by atoms with Crippen LogP contribution >= 0.6 is 0 Å². The lowest BCUT2D eigenvalue weighted by Gasteiger charge is -2.33. The van der Waals surface area contributed by atoms with Crippen LogP contribution in [0.4, 0.5) is 4.39 Å². The highest BCUT2D eigenvalue weighted by molar-refractivity contribution is 5.21. The van der Waals surface area contributed by atoms with Gasteiger partial charge in [0.25, 0.3) is 0 Å². The molecular formula is C16H23FN2O. The highest BCUT2D eigenvalue weighted by atomic mass is 19.1. The van der Waals surface area contributed by atoms with E-state index in [1.54, 1.807) is 6.07 Å². The average molecular weight is 278 g/mol. The van der Waals surface area contributed by atoms with E-state index in [9.17, 15) is 4.39 Å². The van der Waals surface area contributed by atoms with Crippen LogP contribution < -0.4 is 5.32 Å². The Balaban J connectivity index is 1.57. The zero-order chi connectivity index (χ0) is 13.9. The quantitative estimate of drug-likeness (QED) is 0.894. The van der Waals surface area contributed by atoms with E-state index in [-0.39, 0.29) is 11.9 Å². The number of likely N-dealkylation sites (tertiary alicyclic amines) is 1. The van der Waals surface area contributed by atoms with Crippen LogP contribution in [0.3, 0.4) is 0 Å². The Morgan fingerprint density at radius 2 is 2.00 bits per heavy atom. The Bertz CT molecular complexity index is 442. The number of rotatable bonds is 5. The van der Waals surface area contributed by atoms with Gasteiger partial charge in [0.2, 0.25) is 0 Å². The number of nitrogens with zero attached hydrogens (tertiary/aromatic N) is 1. The summed E-state index contributed by atoms with van der Waals surface area (Å²) in [5, 5.41) is 3.24. The molecule has 3 rings (SSSR count). The zero-order valence-electron chi connectivity index (χ0n) is 12.0. The van der Waals surface area contributed by atoms with Crippen molar-refractivity contribution < 1.29 is 9.13 Å². The fourth-order valence-corrected chi connectivity index (χ4v) is 3.41. The maximum absolute atomic E-state index is 13.9. The first kappa shape index (κ1) is 14.0. The lowest BCUT2D eigenvalue weighted by molar-refractivity contribution is -0.0390. The molecule has 2 saturated heterocycles. The van der Waals surface area contributed by atoms with Crippen LogP contribution in [0.5, 0.6) is 0 Å². The molecule has 1 N–H and O–H groups in total. The fourth-order valence-electron chi connectivity index (χ4n) is 3.41. The second-order valence-corrected chi connectivity index (χ2v) is 5.87. The minimum Gasteiger partial charge on any atom is -0.372 e. The van der Waals surface area contributed by atoms with E-state index in [0.717, 1.165) is 31.6 Å². The van der Waals surface area contributed by atoms with E-state index in [4.69, 9.17) is 4.74 Å². The molecule has 110 valence electrons. The smallest absolute Gasteiger partial charge is 0.127 e. The minimum atomic E-state index is -0.117. The standard InChI is InChI=1S/C16H23FN2O/c1-18-16(14-4-2-3-5-15(14)17)8-9-19-10-12-6-7-13(11-19)20-12/h2-5,12-13,16,18H,6-11H2,1H3. The molecule has 1 aromatic rings. The lowest BCUT2D eigenvalue weighted by Crippen LogP contribution is -2.43. The van der Waals surface area contributed by atoms with Gasteiger partial charge in [-0.3, -0.25) is 4.90 Å². The highest BCUT2D eigenvalue weighted by Gasteiger charge is 2.33. The molecule has 0 saturated carbocycles. The van der Waals surface area contributed by atoms with Crippen LogP contribution in [0.15, 0.2) is 24.3 Å². The van der Waals surface area contributed by atoms with Gasteiger partial charge in [0, 0.05) is 31.2 Å². The Morgan fingerprint density at radius 3 is 2.65 bits per heavy atom. The predicted octanol–water partition coefficient (Wildman–Crippen LogP) is 2.34. The van der Waals surface area contributed by atoms with Crippen molar-refractivity contribution in [2.24, 2.45) is 0 Å². The molecule has 2 aliphatic heterocycles. The van der Waals surface area contributed by atoms with E-state index in [2.05, 4.69) is 10.2 Å². The third-order valence-corrected chi connectivity index (χ3v) is 4.48. The molecule has 2 aliphatic rings. The topological polar surface area (TPSA) is 24.5 Å².